The van der Waals surface area contributed by atoms with E-state index in [1.165, 1.54) is 23.5 Å². The van der Waals surface area contributed by atoms with Crippen LogP contribution < -0.4 is 15.8 Å². The van der Waals surface area contributed by atoms with Gasteiger partial charge in [0.1, 0.15) is 5.75 Å². The lowest BCUT2D eigenvalue weighted by Gasteiger charge is -2.08. The third kappa shape index (κ3) is 4.85. The maximum absolute atomic E-state index is 12.1. The second-order valence-electron chi connectivity index (χ2n) is 4.49. The summed E-state index contributed by atoms with van der Waals surface area (Å²) in [5.74, 6) is -0.0902. The minimum absolute atomic E-state index is 0.106. The third-order valence-electron chi connectivity index (χ3n) is 2.62. The average Bonchev–Trinajstić information content (AvgIpc) is 2.83. The Bertz CT molecular complexity index is 658. The Kier molecular flexibility index (Phi) is 5.19. The number of aromatic nitrogens is 1. The van der Waals surface area contributed by atoms with E-state index < -0.39 is 12.8 Å². The zero-order valence-electron chi connectivity index (χ0n) is 11.4. The lowest BCUT2D eigenvalue weighted by atomic mass is 10.3. The number of fused-ring (bicyclic) bond motifs is 1. The first-order chi connectivity index (χ1) is 10.4. The Morgan fingerprint density at radius 2 is 2.18 bits per heavy atom. The van der Waals surface area contributed by atoms with Gasteiger partial charge in [-0.25, -0.2) is 4.98 Å². The number of nitrogens with zero attached hydrogens (tertiary/aromatic N) is 1. The van der Waals surface area contributed by atoms with Crippen molar-refractivity contribution in [2.45, 2.75) is 19.0 Å². The van der Waals surface area contributed by atoms with Gasteiger partial charge < -0.3 is 15.8 Å². The van der Waals surface area contributed by atoms with Crippen molar-refractivity contribution in [3.8, 4) is 5.75 Å². The van der Waals surface area contributed by atoms with Gasteiger partial charge in [0, 0.05) is 6.42 Å². The Hall–Kier alpha value is -1.87. The van der Waals surface area contributed by atoms with Gasteiger partial charge in [0.2, 0.25) is 5.91 Å². The van der Waals surface area contributed by atoms with Crippen LogP contribution in [0.4, 0.5) is 18.3 Å². The first-order valence-electron chi connectivity index (χ1n) is 6.47. The molecule has 0 radical (unpaired) electrons. The molecule has 0 saturated heterocycles. The van der Waals surface area contributed by atoms with E-state index in [0.717, 1.165) is 0 Å². The highest BCUT2D eigenvalue weighted by atomic mass is 32.1. The van der Waals surface area contributed by atoms with Crippen LogP contribution in [0.5, 0.6) is 5.75 Å². The van der Waals surface area contributed by atoms with E-state index in [-0.39, 0.29) is 11.7 Å². The number of thiazole rings is 1. The quantitative estimate of drug-likeness (QED) is 0.852. The van der Waals surface area contributed by atoms with E-state index in [4.69, 9.17) is 5.73 Å². The molecule has 0 fully saturated rings. The number of benzene rings is 1. The van der Waals surface area contributed by atoms with E-state index in [2.05, 4.69) is 15.0 Å². The molecule has 3 N–H and O–H groups in total. The summed E-state index contributed by atoms with van der Waals surface area (Å²) in [7, 11) is 0. The number of rotatable bonds is 6. The normalized spacial score (nSPS) is 11.6. The highest BCUT2D eigenvalue weighted by Crippen LogP contribution is 2.30. The smallest absolute Gasteiger partial charge is 0.422 e. The van der Waals surface area contributed by atoms with Gasteiger partial charge in [0.25, 0.3) is 0 Å². The summed E-state index contributed by atoms with van der Waals surface area (Å²) >= 11 is 1.17. The van der Waals surface area contributed by atoms with Crippen molar-refractivity contribution >= 4 is 32.6 Å². The number of amides is 1. The number of halogens is 3. The van der Waals surface area contributed by atoms with Crippen molar-refractivity contribution in [1.29, 1.82) is 0 Å². The molecule has 1 aromatic carbocycles. The molecular formula is C13H14F3N3O2S. The number of ether oxygens (including phenoxy) is 1. The largest absolute Gasteiger partial charge is 0.484 e. The van der Waals surface area contributed by atoms with Crippen LogP contribution in [-0.4, -0.2) is 30.2 Å². The molecule has 1 heterocycles. The number of carbonyl (C=O) groups is 1. The number of anilines is 1. The molecule has 0 aliphatic rings. The average molecular weight is 333 g/mol. The maximum atomic E-state index is 12.1. The highest BCUT2D eigenvalue weighted by molar-refractivity contribution is 7.22. The molecule has 0 spiro atoms. The van der Waals surface area contributed by atoms with Gasteiger partial charge in [-0.05, 0) is 31.2 Å². The van der Waals surface area contributed by atoms with Gasteiger partial charge in [-0.2, -0.15) is 13.2 Å². The van der Waals surface area contributed by atoms with Crippen LogP contribution in [0.25, 0.3) is 10.2 Å². The van der Waals surface area contributed by atoms with Crippen LogP contribution >= 0.6 is 11.3 Å². The molecule has 120 valence electrons. The standard InChI is InChI=1S/C13H14F3N3O2S/c14-13(15,16)7-21-8-3-4-9-10(6-8)22-12(18-9)19-11(20)2-1-5-17/h3-4,6H,1-2,5,7,17H2,(H,18,19,20). The SMILES string of the molecule is NCCCC(=O)Nc1nc2ccc(OCC(F)(F)F)cc2s1. The van der Waals surface area contributed by atoms with Crippen LogP contribution in [0, 0.1) is 0 Å². The zero-order valence-corrected chi connectivity index (χ0v) is 12.3. The van der Waals surface area contributed by atoms with Crippen molar-refractivity contribution in [1.82, 2.24) is 4.98 Å². The molecule has 0 aliphatic heterocycles. The van der Waals surface area contributed by atoms with Crippen LogP contribution in [0.1, 0.15) is 12.8 Å². The van der Waals surface area contributed by atoms with Crippen LogP contribution in [0.3, 0.4) is 0 Å². The first-order valence-corrected chi connectivity index (χ1v) is 7.29. The van der Waals surface area contributed by atoms with E-state index in [1.54, 1.807) is 6.07 Å². The summed E-state index contributed by atoms with van der Waals surface area (Å²) in [5.41, 5.74) is 5.90. The maximum Gasteiger partial charge on any atom is 0.422 e. The summed E-state index contributed by atoms with van der Waals surface area (Å²) in [6.45, 7) is -0.923. The molecular weight excluding hydrogens is 319 g/mol. The van der Waals surface area contributed by atoms with E-state index >= 15 is 0 Å². The predicted molar refractivity (Wildman–Crippen MR) is 78.1 cm³/mol. The Labute approximate surface area is 128 Å². The minimum atomic E-state index is -4.38. The van der Waals surface area contributed by atoms with Gasteiger partial charge >= 0.3 is 6.18 Å². The van der Waals surface area contributed by atoms with E-state index in [1.807, 2.05) is 0 Å². The summed E-state index contributed by atoms with van der Waals surface area (Å²) in [6, 6.07) is 4.43. The molecule has 22 heavy (non-hydrogen) atoms. The van der Waals surface area contributed by atoms with Gasteiger partial charge in [-0.3, -0.25) is 4.79 Å². The van der Waals surface area contributed by atoms with Crippen molar-refractivity contribution in [3.05, 3.63) is 18.2 Å². The molecule has 1 amide bonds. The van der Waals surface area contributed by atoms with Gasteiger partial charge in [-0.15, -0.1) is 0 Å². The third-order valence-corrected chi connectivity index (χ3v) is 3.55. The fourth-order valence-electron chi connectivity index (χ4n) is 1.66. The number of nitrogens with two attached hydrogens (primary N) is 1. The molecule has 1 aromatic heterocycles. The highest BCUT2D eigenvalue weighted by Gasteiger charge is 2.28. The lowest BCUT2D eigenvalue weighted by Crippen LogP contribution is -2.19. The molecule has 5 nitrogen and oxygen atoms in total. The van der Waals surface area contributed by atoms with Gasteiger partial charge in [0.15, 0.2) is 11.7 Å². The number of alkyl halides is 3. The summed E-state index contributed by atoms with van der Waals surface area (Å²) in [4.78, 5) is 15.8. The Morgan fingerprint density at radius 3 is 2.86 bits per heavy atom. The Morgan fingerprint density at radius 1 is 1.41 bits per heavy atom. The van der Waals surface area contributed by atoms with Crippen LogP contribution in [0.2, 0.25) is 0 Å². The number of hydrogen-bond acceptors (Lipinski definition) is 5. The second kappa shape index (κ2) is 6.93. The summed E-state index contributed by atoms with van der Waals surface area (Å²) in [5, 5.41) is 3.03. The molecule has 0 atom stereocenters. The molecule has 2 rings (SSSR count). The Balaban J connectivity index is 2.05. The monoisotopic (exact) mass is 333 g/mol. The second-order valence-corrected chi connectivity index (χ2v) is 5.52. The zero-order chi connectivity index (χ0) is 16.2. The van der Waals surface area contributed by atoms with E-state index in [0.29, 0.717) is 34.7 Å². The summed E-state index contributed by atoms with van der Waals surface area (Å²) in [6.07, 6.45) is -3.51. The number of nitrogens with one attached hydrogen (secondary N) is 1. The topological polar surface area (TPSA) is 77.2 Å². The fourth-order valence-corrected chi connectivity index (χ4v) is 2.57. The lowest BCUT2D eigenvalue weighted by molar-refractivity contribution is -0.153. The molecule has 0 aliphatic carbocycles. The van der Waals surface area contributed by atoms with Crippen molar-refractivity contribution in [2.24, 2.45) is 5.73 Å². The van der Waals surface area contributed by atoms with Crippen LogP contribution in [0.15, 0.2) is 18.2 Å². The molecule has 0 saturated carbocycles. The van der Waals surface area contributed by atoms with Crippen molar-refractivity contribution < 1.29 is 22.7 Å². The molecule has 0 bridgehead atoms. The van der Waals surface area contributed by atoms with Gasteiger partial charge in [-0.1, -0.05) is 11.3 Å². The predicted octanol–water partition coefficient (Wildman–Crippen LogP) is 2.91. The van der Waals surface area contributed by atoms with Crippen molar-refractivity contribution in [2.75, 3.05) is 18.5 Å². The number of carbonyl (C=O) groups excluding carboxylic acids is 1. The molecule has 9 heteroatoms. The first kappa shape index (κ1) is 16.5. The molecule has 2 aromatic rings. The van der Waals surface area contributed by atoms with Gasteiger partial charge in [0.05, 0.1) is 10.2 Å². The summed E-state index contributed by atoms with van der Waals surface area (Å²) < 4.78 is 41.6. The molecule has 0 unspecified atom stereocenters. The minimum Gasteiger partial charge on any atom is -0.484 e. The van der Waals surface area contributed by atoms with Crippen molar-refractivity contribution in [3.63, 3.8) is 0 Å². The van der Waals surface area contributed by atoms with E-state index in [9.17, 15) is 18.0 Å². The van der Waals surface area contributed by atoms with Crippen LogP contribution in [-0.2, 0) is 4.79 Å². The number of hydrogen-bond donors (Lipinski definition) is 2. The fraction of sp³-hybridized carbons (Fsp3) is 0.385.